The topological polar surface area (TPSA) is 48.7 Å². The van der Waals surface area contributed by atoms with Gasteiger partial charge in [-0.2, -0.15) is 5.26 Å². The Morgan fingerprint density at radius 3 is 2.68 bits per heavy atom. The van der Waals surface area contributed by atoms with Crippen molar-refractivity contribution in [2.75, 3.05) is 5.32 Å². The normalized spacial score (nSPS) is 10.1. The number of rotatable bonds is 2. The van der Waals surface area contributed by atoms with Gasteiger partial charge >= 0.3 is 0 Å². The molecule has 0 fully saturated rings. The van der Waals surface area contributed by atoms with Gasteiger partial charge in [0.2, 0.25) is 0 Å². The molecular weight excluding hydrogens is 309 g/mol. The third-order valence-electron chi connectivity index (χ3n) is 2.64. The lowest BCUT2D eigenvalue weighted by Gasteiger charge is -2.11. The largest absolute Gasteiger partial charge is 0.338 e. The van der Waals surface area contributed by atoms with Gasteiger partial charge in [0.25, 0.3) is 0 Å². The number of aryl methyl sites for hydroxylation is 2. The number of hydrogen-bond acceptors (Lipinski definition) is 3. The number of anilines is 2. The van der Waals surface area contributed by atoms with E-state index >= 15 is 0 Å². The highest BCUT2D eigenvalue weighted by Crippen LogP contribution is 2.28. The van der Waals surface area contributed by atoms with Crippen molar-refractivity contribution in [3.63, 3.8) is 0 Å². The van der Waals surface area contributed by atoms with Crippen molar-refractivity contribution < 1.29 is 4.39 Å². The molecule has 1 aromatic carbocycles. The fourth-order valence-corrected chi connectivity index (χ4v) is 2.24. The summed E-state index contributed by atoms with van der Waals surface area (Å²) in [6, 6.07) is 8.28. The van der Waals surface area contributed by atoms with Gasteiger partial charge in [0, 0.05) is 10.2 Å². The monoisotopic (exact) mass is 319 g/mol. The van der Waals surface area contributed by atoms with Gasteiger partial charge in [0.15, 0.2) is 0 Å². The van der Waals surface area contributed by atoms with E-state index < -0.39 is 0 Å². The van der Waals surface area contributed by atoms with Crippen LogP contribution in [0.3, 0.4) is 0 Å². The highest BCUT2D eigenvalue weighted by atomic mass is 79.9. The molecule has 0 radical (unpaired) electrons. The van der Waals surface area contributed by atoms with Gasteiger partial charge in [-0.3, -0.25) is 0 Å². The number of nitriles is 1. The van der Waals surface area contributed by atoms with Crippen molar-refractivity contribution in [2.45, 2.75) is 13.8 Å². The first-order chi connectivity index (χ1) is 9.01. The summed E-state index contributed by atoms with van der Waals surface area (Å²) in [5.74, 6) is 0.152. The van der Waals surface area contributed by atoms with Crippen LogP contribution in [-0.2, 0) is 0 Å². The molecule has 3 nitrogen and oxygen atoms in total. The summed E-state index contributed by atoms with van der Waals surface area (Å²) in [6.07, 6.45) is 0. The molecule has 0 aliphatic carbocycles. The molecule has 2 aromatic rings. The molecule has 2 rings (SSSR count). The van der Waals surface area contributed by atoms with Crippen molar-refractivity contribution in [3.05, 3.63) is 51.4 Å². The number of benzene rings is 1. The van der Waals surface area contributed by atoms with E-state index in [1.807, 2.05) is 19.9 Å². The first kappa shape index (κ1) is 13.5. The van der Waals surface area contributed by atoms with Gasteiger partial charge in [0.05, 0.1) is 11.3 Å². The molecule has 1 heterocycles. The van der Waals surface area contributed by atoms with E-state index in [1.165, 1.54) is 12.1 Å². The summed E-state index contributed by atoms with van der Waals surface area (Å²) in [7, 11) is 0. The summed E-state index contributed by atoms with van der Waals surface area (Å²) in [4.78, 5) is 4.32. The smallest absolute Gasteiger partial charge is 0.148 e. The van der Waals surface area contributed by atoms with E-state index in [-0.39, 0.29) is 5.82 Å². The van der Waals surface area contributed by atoms with Gasteiger partial charge in [-0.05, 0) is 59.6 Å². The summed E-state index contributed by atoms with van der Waals surface area (Å²) in [5.41, 5.74) is 2.82. The van der Waals surface area contributed by atoms with Gasteiger partial charge in [-0.1, -0.05) is 0 Å². The van der Waals surface area contributed by atoms with E-state index in [0.29, 0.717) is 21.5 Å². The number of halogens is 2. The minimum absolute atomic E-state index is 0.327. The number of nitrogens with zero attached hydrogens (tertiary/aromatic N) is 2. The fraction of sp³-hybridized carbons (Fsp3) is 0.143. The van der Waals surface area contributed by atoms with E-state index in [4.69, 9.17) is 0 Å². The molecule has 19 heavy (non-hydrogen) atoms. The second-order valence-electron chi connectivity index (χ2n) is 4.17. The maximum absolute atomic E-state index is 13.0. The van der Waals surface area contributed by atoms with Crippen LogP contribution < -0.4 is 5.32 Å². The van der Waals surface area contributed by atoms with Crippen molar-refractivity contribution in [2.24, 2.45) is 0 Å². The highest BCUT2D eigenvalue weighted by molar-refractivity contribution is 9.10. The predicted molar refractivity (Wildman–Crippen MR) is 75.8 cm³/mol. The van der Waals surface area contributed by atoms with Crippen LogP contribution >= 0.6 is 15.9 Å². The molecule has 1 N–H and O–H groups in total. The molecular formula is C14H11BrFN3. The van der Waals surface area contributed by atoms with Crippen LogP contribution in [0.15, 0.2) is 28.7 Å². The average Bonchev–Trinajstić information content (AvgIpc) is 2.32. The van der Waals surface area contributed by atoms with Gasteiger partial charge in [-0.15, -0.1) is 0 Å². The molecule has 0 saturated heterocycles. The molecule has 96 valence electrons. The van der Waals surface area contributed by atoms with Crippen LogP contribution in [0.2, 0.25) is 0 Å². The SMILES string of the molecule is Cc1cc(C)c(C#N)c(Nc2ccc(F)cc2Br)n1. The third-order valence-corrected chi connectivity index (χ3v) is 3.30. The van der Waals surface area contributed by atoms with Crippen LogP contribution in [0, 0.1) is 31.0 Å². The Bertz CT molecular complexity index is 677. The summed E-state index contributed by atoms with van der Waals surface area (Å²) < 4.78 is 13.6. The van der Waals surface area contributed by atoms with Gasteiger partial charge < -0.3 is 5.32 Å². The number of pyridine rings is 1. The Kier molecular flexibility index (Phi) is 3.82. The minimum atomic E-state index is -0.327. The lowest BCUT2D eigenvalue weighted by Crippen LogP contribution is -2.01. The van der Waals surface area contributed by atoms with E-state index in [0.717, 1.165) is 11.3 Å². The molecule has 0 amide bonds. The molecule has 0 atom stereocenters. The van der Waals surface area contributed by atoms with Gasteiger partial charge in [0.1, 0.15) is 17.7 Å². The van der Waals surface area contributed by atoms with Crippen LogP contribution in [-0.4, -0.2) is 4.98 Å². The summed E-state index contributed by atoms with van der Waals surface area (Å²) in [5, 5.41) is 12.2. The minimum Gasteiger partial charge on any atom is -0.338 e. The van der Waals surface area contributed by atoms with E-state index in [1.54, 1.807) is 6.07 Å². The number of hydrogen-bond donors (Lipinski definition) is 1. The van der Waals surface area contributed by atoms with Crippen LogP contribution in [0.4, 0.5) is 15.9 Å². The molecule has 0 spiro atoms. The molecule has 1 aromatic heterocycles. The van der Waals surface area contributed by atoms with Crippen molar-refractivity contribution in [3.8, 4) is 6.07 Å². The zero-order valence-corrected chi connectivity index (χ0v) is 12.0. The average molecular weight is 320 g/mol. The third kappa shape index (κ3) is 2.91. The number of aromatic nitrogens is 1. The van der Waals surface area contributed by atoms with Crippen LogP contribution in [0.25, 0.3) is 0 Å². The molecule has 0 saturated carbocycles. The van der Waals surface area contributed by atoms with Crippen molar-refractivity contribution >= 4 is 27.4 Å². The first-order valence-corrected chi connectivity index (χ1v) is 6.41. The lowest BCUT2D eigenvalue weighted by atomic mass is 10.1. The predicted octanol–water partition coefficient (Wildman–Crippen LogP) is 4.22. The molecule has 0 unspecified atom stereocenters. The zero-order valence-electron chi connectivity index (χ0n) is 10.5. The molecule has 5 heteroatoms. The van der Waals surface area contributed by atoms with E-state index in [9.17, 15) is 9.65 Å². The number of nitrogens with one attached hydrogen (secondary N) is 1. The quantitative estimate of drug-likeness (QED) is 0.901. The Labute approximate surface area is 119 Å². The van der Waals surface area contributed by atoms with Crippen LogP contribution in [0.1, 0.15) is 16.8 Å². The van der Waals surface area contributed by atoms with Gasteiger partial charge in [-0.25, -0.2) is 9.37 Å². The Morgan fingerprint density at radius 1 is 1.32 bits per heavy atom. The zero-order chi connectivity index (χ0) is 14.0. The summed E-state index contributed by atoms with van der Waals surface area (Å²) in [6.45, 7) is 3.72. The van der Waals surface area contributed by atoms with Crippen molar-refractivity contribution in [1.29, 1.82) is 5.26 Å². The summed E-state index contributed by atoms with van der Waals surface area (Å²) >= 11 is 3.27. The second-order valence-corrected chi connectivity index (χ2v) is 5.02. The molecule has 0 bridgehead atoms. The maximum Gasteiger partial charge on any atom is 0.148 e. The van der Waals surface area contributed by atoms with Crippen molar-refractivity contribution in [1.82, 2.24) is 4.98 Å². The Morgan fingerprint density at radius 2 is 2.05 bits per heavy atom. The second kappa shape index (κ2) is 5.37. The Balaban J connectivity index is 2.46. The fourth-order valence-electron chi connectivity index (χ4n) is 1.79. The molecule has 0 aliphatic rings. The standard InChI is InChI=1S/C14H11BrFN3/c1-8-5-9(2)18-14(11(8)7-17)19-13-4-3-10(16)6-12(13)15/h3-6H,1-2H3,(H,18,19). The highest BCUT2D eigenvalue weighted by Gasteiger charge is 2.10. The van der Waals surface area contributed by atoms with E-state index in [2.05, 4.69) is 32.3 Å². The lowest BCUT2D eigenvalue weighted by molar-refractivity contribution is 0.627. The first-order valence-electron chi connectivity index (χ1n) is 5.61. The Hall–Kier alpha value is -1.93. The maximum atomic E-state index is 13.0. The molecule has 0 aliphatic heterocycles. The van der Waals surface area contributed by atoms with Crippen LogP contribution in [0.5, 0.6) is 0 Å².